The first kappa shape index (κ1) is 18.0. The molecule has 3 rings (SSSR count). The molecule has 136 valence electrons. The van der Waals surface area contributed by atoms with Crippen molar-refractivity contribution in [2.45, 2.75) is 44.6 Å². The summed E-state index contributed by atoms with van der Waals surface area (Å²) in [6.45, 7) is 2.46. The number of hydrogen-bond donors (Lipinski definition) is 3. The minimum Gasteiger partial charge on any atom is -0.387 e. The van der Waals surface area contributed by atoms with E-state index in [4.69, 9.17) is 0 Å². The van der Waals surface area contributed by atoms with Crippen molar-refractivity contribution in [1.82, 2.24) is 15.2 Å². The summed E-state index contributed by atoms with van der Waals surface area (Å²) in [7, 11) is 3.81. The molecule has 1 aromatic heterocycles. The Morgan fingerprint density at radius 1 is 1.28 bits per heavy atom. The Balaban J connectivity index is 1.82. The predicted octanol–water partition coefficient (Wildman–Crippen LogP) is 2.48. The molecule has 1 aliphatic carbocycles. The molecule has 0 fully saturated rings. The third kappa shape index (κ3) is 4.05. The van der Waals surface area contributed by atoms with E-state index in [9.17, 15) is 9.90 Å². The van der Waals surface area contributed by atoms with E-state index in [0.717, 1.165) is 18.4 Å². The number of H-pyrrole nitrogens is 1. The highest BCUT2D eigenvalue weighted by Gasteiger charge is 2.24. The third-order valence-corrected chi connectivity index (χ3v) is 4.91. The van der Waals surface area contributed by atoms with E-state index in [-0.39, 0.29) is 12.5 Å². The quantitative estimate of drug-likeness (QED) is 0.731. The fourth-order valence-electron chi connectivity index (χ4n) is 3.90. The number of likely N-dealkylation sites (N-methyl/N-ethyl adjacent to an activating group) is 1. The van der Waals surface area contributed by atoms with E-state index in [2.05, 4.69) is 16.4 Å². The SMILES string of the molecule is CN(C)C[C@@](C)(O)CNC(=O)c1cccc2c3c([nH]c12)CCCCC3. The smallest absolute Gasteiger partial charge is 0.253 e. The van der Waals surface area contributed by atoms with Crippen molar-refractivity contribution in [2.24, 2.45) is 0 Å². The molecule has 1 aliphatic rings. The van der Waals surface area contributed by atoms with Gasteiger partial charge >= 0.3 is 0 Å². The van der Waals surface area contributed by atoms with Gasteiger partial charge in [-0.15, -0.1) is 0 Å². The van der Waals surface area contributed by atoms with Crippen LogP contribution in [0.2, 0.25) is 0 Å². The minimum absolute atomic E-state index is 0.138. The highest BCUT2D eigenvalue weighted by atomic mass is 16.3. The van der Waals surface area contributed by atoms with Crippen molar-refractivity contribution < 1.29 is 9.90 Å². The molecule has 2 aromatic rings. The van der Waals surface area contributed by atoms with E-state index >= 15 is 0 Å². The standard InChI is InChI=1S/C20H29N3O2/c1-20(25,13-23(2)3)12-21-19(24)16-10-7-9-15-14-8-5-4-6-11-17(14)22-18(15)16/h7,9-10,22,25H,4-6,8,11-13H2,1-3H3,(H,21,24)/t20-/m0/s1. The molecule has 0 spiro atoms. The Morgan fingerprint density at radius 2 is 2.04 bits per heavy atom. The predicted molar refractivity (Wildman–Crippen MR) is 101 cm³/mol. The largest absolute Gasteiger partial charge is 0.387 e. The molecule has 0 unspecified atom stereocenters. The average molecular weight is 343 g/mol. The summed E-state index contributed by atoms with van der Waals surface area (Å²) in [4.78, 5) is 18.1. The van der Waals surface area contributed by atoms with Crippen molar-refractivity contribution >= 4 is 16.8 Å². The molecule has 0 saturated heterocycles. The van der Waals surface area contributed by atoms with E-state index in [1.165, 1.54) is 35.9 Å². The van der Waals surface area contributed by atoms with Crippen LogP contribution >= 0.6 is 0 Å². The summed E-state index contributed by atoms with van der Waals surface area (Å²) in [5.74, 6) is -0.138. The number of hydrogen-bond acceptors (Lipinski definition) is 3. The third-order valence-electron chi connectivity index (χ3n) is 4.91. The fraction of sp³-hybridized carbons (Fsp3) is 0.550. The number of aromatic amines is 1. The van der Waals surface area contributed by atoms with Gasteiger partial charge in [0.1, 0.15) is 0 Å². The molecule has 1 aromatic carbocycles. The van der Waals surface area contributed by atoms with Gasteiger partial charge in [0.2, 0.25) is 0 Å². The molecule has 0 saturated carbocycles. The number of aryl methyl sites for hydroxylation is 2. The highest BCUT2D eigenvalue weighted by Crippen LogP contribution is 2.30. The van der Waals surface area contributed by atoms with Crippen LogP contribution in [0.1, 0.15) is 47.8 Å². The average Bonchev–Trinajstić information content (AvgIpc) is 2.73. The van der Waals surface area contributed by atoms with Gasteiger partial charge < -0.3 is 20.3 Å². The fourth-order valence-corrected chi connectivity index (χ4v) is 3.90. The molecule has 25 heavy (non-hydrogen) atoms. The number of nitrogens with one attached hydrogen (secondary N) is 2. The van der Waals surface area contributed by atoms with E-state index in [1.807, 2.05) is 31.1 Å². The van der Waals surface area contributed by atoms with Gasteiger partial charge in [0, 0.05) is 24.2 Å². The van der Waals surface area contributed by atoms with E-state index in [0.29, 0.717) is 12.1 Å². The van der Waals surface area contributed by atoms with Crippen LogP contribution in [0.25, 0.3) is 10.9 Å². The number of para-hydroxylation sites is 1. The lowest BCUT2D eigenvalue weighted by Crippen LogP contribution is -2.47. The van der Waals surface area contributed by atoms with Gasteiger partial charge in [-0.3, -0.25) is 4.79 Å². The zero-order valence-electron chi connectivity index (χ0n) is 15.5. The molecule has 5 heteroatoms. The summed E-state index contributed by atoms with van der Waals surface area (Å²) in [5, 5.41) is 14.5. The number of carbonyl (C=O) groups excluding carboxylic acids is 1. The van der Waals surface area contributed by atoms with Gasteiger partial charge in [0.05, 0.1) is 16.7 Å². The molecule has 5 nitrogen and oxygen atoms in total. The van der Waals surface area contributed by atoms with Gasteiger partial charge in [0.15, 0.2) is 0 Å². The first-order chi connectivity index (χ1) is 11.9. The summed E-state index contributed by atoms with van der Waals surface area (Å²) in [6.07, 6.45) is 5.82. The molecule has 0 bridgehead atoms. The maximum Gasteiger partial charge on any atom is 0.253 e. The second kappa shape index (κ2) is 7.18. The summed E-state index contributed by atoms with van der Waals surface area (Å²) >= 11 is 0. The Labute approximate surface area is 149 Å². The van der Waals surface area contributed by atoms with Gasteiger partial charge in [-0.05, 0) is 58.3 Å². The molecular weight excluding hydrogens is 314 g/mol. The number of rotatable bonds is 5. The maximum atomic E-state index is 12.7. The number of nitrogens with zero attached hydrogens (tertiary/aromatic N) is 1. The highest BCUT2D eigenvalue weighted by molar-refractivity contribution is 6.06. The Hall–Kier alpha value is -1.85. The number of carbonyl (C=O) groups is 1. The van der Waals surface area contributed by atoms with Crippen LogP contribution in [0.3, 0.4) is 0 Å². The van der Waals surface area contributed by atoms with Crippen LogP contribution in [0, 0.1) is 0 Å². The van der Waals surface area contributed by atoms with Crippen molar-refractivity contribution in [1.29, 1.82) is 0 Å². The maximum absolute atomic E-state index is 12.7. The van der Waals surface area contributed by atoms with Crippen molar-refractivity contribution in [3.05, 3.63) is 35.0 Å². The summed E-state index contributed by atoms with van der Waals surface area (Å²) < 4.78 is 0. The molecule has 0 radical (unpaired) electrons. The van der Waals surface area contributed by atoms with E-state index < -0.39 is 5.60 Å². The lowest BCUT2D eigenvalue weighted by molar-refractivity contribution is 0.0326. The number of benzene rings is 1. The lowest BCUT2D eigenvalue weighted by Gasteiger charge is -2.27. The normalized spacial score (nSPS) is 17.2. The number of fused-ring (bicyclic) bond motifs is 3. The summed E-state index contributed by atoms with van der Waals surface area (Å²) in [6, 6.07) is 5.91. The topological polar surface area (TPSA) is 68.4 Å². The molecule has 0 aliphatic heterocycles. The van der Waals surface area contributed by atoms with Crippen molar-refractivity contribution in [2.75, 3.05) is 27.2 Å². The van der Waals surface area contributed by atoms with Gasteiger partial charge in [0.25, 0.3) is 5.91 Å². The Bertz CT molecular complexity index is 762. The van der Waals surface area contributed by atoms with Crippen LogP contribution in [0.4, 0.5) is 0 Å². The number of aromatic nitrogens is 1. The molecule has 1 heterocycles. The first-order valence-corrected chi connectivity index (χ1v) is 9.15. The van der Waals surface area contributed by atoms with Crippen LogP contribution < -0.4 is 5.32 Å². The Morgan fingerprint density at radius 3 is 2.80 bits per heavy atom. The molecule has 3 N–H and O–H groups in total. The monoisotopic (exact) mass is 343 g/mol. The Kier molecular flexibility index (Phi) is 5.16. The van der Waals surface area contributed by atoms with Crippen molar-refractivity contribution in [3.63, 3.8) is 0 Å². The number of amides is 1. The zero-order valence-corrected chi connectivity index (χ0v) is 15.5. The summed E-state index contributed by atoms with van der Waals surface area (Å²) in [5.41, 5.74) is 3.29. The van der Waals surface area contributed by atoms with Gasteiger partial charge in [-0.2, -0.15) is 0 Å². The van der Waals surface area contributed by atoms with E-state index in [1.54, 1.807) is 6.92 Å². The molecular formula is C20H29N3O2. The number of aliphatic hydroxyl groups is 1. The second-order valence-electron chi connectivity index (χ2n) is 7.79. The van der Waals surface area contributed by atoms with Crippen LogP contribution in [0.15, 0.2) is 18.2 Å². The van der Waals surface area contributed by atoms with Gasteiger partial charge in [-0.25, -0.2) is 0 Å². The molecule has 1 amide bonds. The lowest BCUT2D eigenvalue weighted by atomic mass is 10.0. The van der Waals surface area contributed by atoms with Crippen LogP contribution in [0.5, 0.6) is 0 Å². The van der Waals surface area contributed by atoms with Crippen LogP contribution in [-0.4, -0.2) is 53.7 Å². The minimum atomic E-state index is -0.958. The zero-order chi connectivity index (χ0) is 18.0. The first-order valence-electron chi connectivity index (χ1n) is 9.15. The van der Waals surface area contributed by atoms with Crippen molar-refractivity contribution in [3.8, 4) is 0 Å². The molecule has 1 atom stereocenters. The van der Waals surface area contributed by atoms with Crippen LogP contribution in [-0.2, 0) is 12.8 Å². The second-order valence-corrected chi connectivity index (χ2v) is 7.79. The van der Waals surface area contributed by atoms with Gasteiger partial charge in [-0.1, -0.05) is 18.6 Å².